The minimum absolute atomic E-state index is 0.109. The molecule has 0 aromatic heterocycles. The molecule has 2 heterocycles. The highest BCUT2D eigenvalue weighted by Gasteiger charge is 2.44. The molecule has 0 aromatic rings. The third-order valence-electron chi connectivity index (χ3n) is 4.32. The number of carbonyl (C=O) groups excluding carboxylic acids is 2. The Kier molecular flexibility index (Phi) is 4.46. The van der Waals surface area contributed by atoms with Gasteiger partial charge in [0.05, 0.1) is 7.11 Å². The first-order valence-electron chi connectivity index (χ1n) is 7.54. The quantitative estimate of drug-likeness (QED) is 0.744. The number of nitrogens with one attached hydrogen (secondary N) is 1. The Hall–Kier alpha value is -1.30. The lowest BCUT2D eigenvalue weighted by atomic mass is 9.76. The van der Waals surface area contributed by atoms with Gasteiger partial charge in [-0.15, -0.1) is 0 Å². The Labute approximate surface area is 126 Å². The first-order chi connectivity index (χ1) is 9.75. The van der Waals surface area contributed by atoms with Crippen LogP contribution in [-0.4, -0.2) is 55.3 Å². The fourth-order valence-corrected chi connectivity index (χ4v) is 3.10. The van der Waals surface area contributed by atoms with E-state index in [4.69, 9.17) is 9.47 Å². The molecule has 2 fully saturated rings. The number of esters is 1. The largest absolute Gasteiger partial charge is 0.468 e. The van der Waals surface area contributed by atoms with Gasteiger partial charge in [0.15, 0.2) is 0 Å². The van der Waals surface area contributed by atoms with E-state index in [0.717, 1.165) is 25.8 Å². The summed E-state index contributed by atoms with van der Waals surface area (Å²) in [5.74, 6) is -0.193. The van der Waals surface area contributed by atoms with Crippen molar-refractivity contribution in [3.8, 4) is 0 Å². The number of hydrogen-bond acceptors (Lipinski definition) is 5. The van der Waals surface area contributed by atoms with Crippen molar-refractivity contribution in [2.45, 2.75) is 51.7 Å². The Bertz CT molecular complexity index is 408. The second-order valence-electron chi connectivity index (χ2n) is 7.13. The highest BCUT2D eigenvalue weighted by Crippen LogP contribution is 2.39. The lowest BCUT2D eigenvalue weighted by Crippen LogP contribution is -2.45. The van der Waals surface area contributed by atoms with E-state index in [1.165, 1.54) is 7.11 Å². The number of methoxy groups -OCH3 is 1. The van der Waals surface area contributed by atoms with Crippen molar-refractivity contribution in [3.63, 3.8) is 0 Å². The summed E-state index contributed by atoms with van der Waals surface area (Å²) in [7, 11) is 1.42. The standard InChI is InChI=1S/C15H26N2O4/c1-14(2,3)21-13(19)17-7-5-15(6-8-17)9-11(16-10-15)12(18)20-4/h11,16H,5-10H2,1-4H3. The summed E-state index contributed by atoms with van der Waals surface area (Å²) >= 11 is 0. The van der Waals surface area contributed by atoms with Crippen LogP contribution < -0.4 is 5.32 Å². The maximum atomic E-state index is 12.0. The van der Waals surface area contributed by atoms with E-state index in [0.29, 0.717) is 13.1 Å². The zero-order valence-corrected chi connectivity index (χ0v) is 13.4. The number of amides is 1. The van der Waals surface area contributed by atoms with Gasteiger partial charge in [-0.25, -0.2) is 4.79 Å². The normalized spacial score (nSPS) is 25.0. The fourth-order valence-electron chi connectivity index (χ4n) is 3.10. The average Bonchev–Trinajstić information content (AvgIpc) is 2.81. The molecule has 0 aromatic carbocycles. The van der Waals surface area contributed by atoms with Crippen molar-refractivity contribution in [2.24, 2.45) is 5.41 Å². The Morgan fingerprint density at radius 1 is 1.24 bits per heavy atom. The van der Waals surface area contributed by atoms with Gasteiger partial charge >= 0.3 is 12.1 Å². The first kappa shape index (κ1) is 16.1. The molecule has 120 valence electrons. The van der Waals surface area contributed by atoms with Crippen LogP contribution in [0.3, 0.4) is 0 Å². The molecule has 1 N–H and O–H groups in total. The molecular weight excluding hydrogens is 272 g/mol. The Morgan fingerprint density at radius 3 is 2.38 bits per heavy atom. The summed E-state index contributed by atoms with van der Waals surface area (Å²) in [4.78, 5) is 25.4. The number of hydrogen-bond donors (Lipinski definition) is 1. The predicted molar refractivity (Wildman–Crippen MR) is 77.9 cm³/mol. The van der Waals surface area contributed by atoms with E-state index in [1.54, 1.807) is 4.90 Å². The lowest BCUT2D eigenvalue weighted by Gasteiger charge is -2.39. The first-order valence-corrected chi connectivity index (χ1v) is 7.54. The molecule has 1 spiro atoms. The zero-order valence-electron chi connectivity index (χ0n) is 13.4. The molecule has 0 aliphatic carbocycles. The van der Waals surface area contributed by atoms with Crippen molar-refractivity contribution in [2.75, 3.05) is 26.7 Å². The molecule has 2 rings (SSSR count). The van der Waals surface area contributed by atoms with Crippen LogP contribution in [0, 0.1) is 5.41 Å². The number of piperidine rings is 1. The van der Waals surface area contributed by atoms with Crippen molar-refractivity contribution in [1.29, 1.82) is 0 Å². The molecule has 2 aliphatic heterocycles. The van der Waals surface area contributed by atoms with Crippen LogP contribution in [0.1, 0.15) is 40.0 Å². The van der Waals surface area contributed by atoms with E-state index in [9.17, 15) is 9.59 Å². The van der Waals surface area contributed by atoms with Crippen molar-refractivity contribution < 1.29 is 19.1 Å². The highest BCUT2D eigenvalue weighted by atomic mass is 16.6. The Morgan fingerprint density at radius 2 is 1.86 bits per heavy atom. The molecule has 1 unspecified atom stereocenters. The van der Waals surface area contributed by atoms with Gasteiger partial charge in [-0.05, 0) is 45.4 Å². The number of likely N-dealkylation sites (tertiary alicyclic amines) is 1. The van der Waals surface area contributed by atoms with Crippen LogP contribution in [0.15, 0.2) is 0 Å². The maximum Gasteiger partial charge on any atom is 0.410 e. The summed E-state index contributed by atoms with van der Waals surface area (Å²) < 4.78 is 10.2. The second-order valence-corrected chi connectivity index (χ2v) is 7.13. The highest BCUT2D eigenvalue weighted by molar-refractivity contribution is 5.76. The zero-order chi connectivity index (χ0) is 15.7. The molecule has 2 aliphatic rings. The summed E-state index contributed by atoms with van der Waals surface area (Å²) in [5, 5.41) is 3.24. The van der Waals surface area contributed by atoms with Gasteiger partial charge in [-0.2, -0.15) is 0 Å². The van der Waals surface area contributed by atoms with Gasteiger partial charge < -0.3 is 19.7 Å². The second kappa shape index (κ2) is 5.83. The minimum atomic E-state index is -0.461. The van der Waals surface area contributed by atoms with Crippen LogP contribution in [0.4, 0.5) is 4.79 Å². The summed E-state index contributed by atoms with van der Waals surface area (Å²) in [6.07, 6.45) is 2.34. The molecule has 0 bridgehead atoms. The number of rotatable bonds is 1. The minimum Gasteiger partial charge on any atom is -0.468 e. The fraction of sp³-hybridized carbons (Fsp3) is 0.867. The van der Waals surface area contributed by atoms with Gasteiger partial charge in [0.1, 0.15) is 11.6 Å². The van der Waals surface area contributed by atoms with E-state index < -0.39 is 5.60 Å². The third kappa shape index (κ3) is 3.87. The van der Waals surface area contributed by atoms with Crippen LogP contribution in [0.5, 0.6) is 0 Å². The summed E-state index contributed by atoms with van der Waals surface area (Å²) in [6, 6.07) is -0.205. The van der Waals surface area contributed by atoms with E-state index in [-0.39, 0.29) is 23.5 Å². The molecule has 0 saturated carbocycles. The maximum absolute atomic E-state index is 12.0. The smallest absolute Gasteiger partial charge is 0.410 e. The summed E-state index contributed by atoms with van der Waals surface area (Å²) in [6.45, 7) is 7.80. The van der Waals surface area contributed by atoms with Crippen molar-refractivity contribution in [3.05, 3.63) is 0 Å². The molecule has 2 saturated heterocycles. The molecule has 1 amide bonds. The number of nitrogens with zero attached hydrogens (tertiary/aromatic N) is 1. The van der Waals surface area contributed by atoms with Gasteiger partial charge in [0.2, 0.25) is 0 Å². The Balaban J connectivity index is 1.86. The van der Waals surface area contributed by atoms with Crippen LogP contribution in [0.2, 0.25) is 0 Å². The number of carbonyl (C=O) groups is 2. The molecule has 21 heavy (non-hydrogen) atoms. The van der Waals surface area contributed by atoms with E-state index in [2.05, 4.69) is 5.32 Å². The van der Waals surface area contributed by atoms with E-state index >= 15 is 0 Å². The topological polar surface area (TPSA) is 67.9 Å². The third-order valence-corrected chi connectivity index (χ3v) is 4.32. The average molecular weight is 298 g/mol. The SMILES string of the molecule is COC(=O)C1CC2(CCN(C(=O)OC(C)(C)C)CC2)CN1. The molecule has 0 radical (unpaired) electrons. The van der Waals surface area contributed by atoms with Crippen LogP contribution in [0.25, 0.3) is 0 Å². The molecule has 6 heteroatoms. The molecule has 1 atom stereocenters. The van der Waals surface area contributed by atoms with Gasteiger partial charge in [-0.1, -0.05) is 0 Å². The lowest BCUT2D eigenvalue weighted by molar-refractivity contribution is -0.142. The predicted octanol–water partition coefficient (Wildman–Crippen LogP) is 1.54. The molecule has 6 nitrogen and oxygen atoms in total. The number of ether oxygens (including phenoxy) is 2. The van der Waals surface area contributed by atoms with E-state index in [1.807, 2.05) is 20.8 Å². The monoisotopic (exact) mass is 298 g/mol. The van der Waals surface area contributed by atoms with Gasteiger partial charge in [0, 0.05) is 19.6 Å². The van der Waals surface area contributed by atoms with Gasteiger partial charge in [0.25, 0.3) is 0 Å². The van der Waals surface area contributed by atoms with Crippen molar-refractivity contribution >= 4 is 12.1 Å². The summed E-state index contributed by atoms with van der Waals surface area (Å²) in [5.41, 5.74) is -0.353. The van der Waals surface area contributed by atoms with Crippen LogP contribution in [-0.2, 0) is 14.3 Å². The van der Waals surface area contributed by atoms with Crippen LogP contribution >= 0.6 is 0 Å². The van der Waals surface area contributed by atoms with Gasteiger partial charge in [-0.3, -0.25) is 4.79 Å². The molecular formula is C15H26N2O4. The van der Waals surface area contributed by atoms with Crippen molar-refractivity contribution in [1.82, 2.24) is 10.2 Å².